The Morgan fingerprint density at radius 3 is 2.77 bits per heavy atom. The van der Waals surface area contributed by atoms with E-state index in [-0.39, 0.29) is 23.0 Å². The van der Waals surface area contributed by atoms with Gasteiger partial charge in [-0.25, -0.2) is 10.4 Å². The van der Waals surface area contributed by atoms with Gasteiger partial charge in [0, 0.05) is 10.9 Å². The SMILES string of the molecule is COc1cc(/C=N/NC(=O)CSc2nc3scc(-c4ccc(C(C)C)cc4)c3c(=O)[nH]2)ccc1O. The van der Waals surface area contributed by atoms with Crippen LogP contribution in [0.3, 0.4) is 0 Å². The Kier molecular flexibility index (Phi) is 7.52. The molecule has 180 valence electrons. The molecule has 8 nitrogen and oxygen atoms in total. The molecule has 0 aliphatic carbocycles. The number of nitrogens with one attached hydrogen (secondary N) is 2. The number of phenolic OH excluding ortho intramolecular Hbond substituents is 1. The van der Waals surface area contributed by atoms with Crippen LogP contribution in [0.5, 0.6) is 11.5 Å². The van der Waals surface area contributed by atoms with Gasteiger partial charge in [0.05, 0.1) is 24.5 Å². The Bertz CT molecular complexity index is 1440. The summed E-state index contributed by atoms with van der Waals surface area (Å²) in [4.78, 5) is 32.9. The van der Waals surface area contributed by atoms with Crippen LogP contribution >= 0.6 is 23.1 Å². The normalized spacial score (nSPS) is 11.4. The van der Waals surface area contributed by atoms with E-state index in [2.05, 4.69) is 46.5 Å². The maximum absolute atomic E-state index is 12.8. The van der Waals surface area contributed by atoms with Gasteiger partial charge in [-0.05, 0) is 40.8 Å². The number of H-pyrrole nitrogens is 1. The molecule has 35 heavy (non-hydrogen) atoms. The third-order valence-corrected chi connectivity index (χ3v) is 7.00. The van der Waals surface area contributed by atoms with Gasteiger partial charge in [-0.15, -0.1) is 11.3 Å². The molecule has 0 unspecified atom stereocenters. The number of carbonyl (C=O) groups is 1. The number of hydrazone groups is 1. The first-order valence-electron chi connectivity index (χ1n) is 10.8. The van der Waals surface area contributed by atoms with Crippen LogP contribution in [-0.4, -0.2) is 40.1 Å². The third-order valence-electron chi connectivity index (χ3n) is 5.26. The fourth-order valence-electron chi connectivity index (χ4n) is 3.38. The van der Waals surface area contributed by atoms with Gasteiger partial charge >= 0.3 is 0 Å². The van der Waals surface area contributed by atoms with E-state index in [1.54, 1.807) is 12.1 Å². The smallest absolute Gasteiger partial charge is 0.260 e. The van der Waals surface area contributed by atoms with Crippen molar-refractivity contribution in [1.82, 2.24) is 15.4 Å². The highest BCUT2D eigenvalue weighted by molar-refractivity contribution is 7.99. The molecule has 0 aliphatic rings. The molecule has 2 aromatic heterocycles. The summed E-state index contributed by atoms with van der Waals surface area (Å²) in [6.07, 6.45) is 1.44. The van der Waals surface area contributed by atoms with Crippen molar-refractivity contribution in [3.63, 3.8) is 0 Å². The highest BCUT2D eigenvalue weighted by Gasteiger charge is 2.14. The minimum absolute atomic E-state index is 0.0189. The van der Waals surface area contributed by atoms with E-state index in [4.69, 9.17) is 4.74 Å². The van der Waals surface area contributed by atoms with Crippen molar-refractivity contribution in [1.29, 1.82) is 0 Å². The van der Waals surface area contributed by atoms with E-state index >= 15 is 0 Å². The van der Waals surface area contributed by atoms with Crippen LogP contribution in [0.15, 0.2) is 62.9 Å². The second kappa shape index (κ2) is 10.7. The molecule has 3 N–H and O–H groups in total. The number of aromatic hydroxyl groups is 1. The molecule has 1 amide bonds. The zero-order chi connectivity index (χ0) is 24.9. The number of ether oxygens (including phenoxy) is 1. The summed E-state index contributed by atoms with van der Waals surface area (Å²) in [7, 11) is 1.45. The lowest BCUT2D eigenvalue weighted by molar-refractivity contribution is -0.118. The highest BCUT2D eigenvalue weighted by Crippen LogP contribution is 2.32. The highest BCUT2D eigenvalue weighted by atomic mass is 32.2. The maximum Gasteiger partial charge on any atom is 0.260 e. The first kappa shape index (κ1) is 24.5. The molecule has 0 aliphatic heterocycles. The largest absolute Gasteiger partial charge is 0.504 e. The lowest BCUT2D eigenvalue weighted by atomic mass is 9.99. The van der Waals surface area contributed by atoms with Crippen LogP contribution in [0.2, 0.25) is 0 Å². The molecule has 0 saturated carbocycles. The lowest BCUT2D eigenvalue weighted by Gasteiger charge is -2.06. The molecule has 4 rings (SSSR count). The molecule has 2 heterocycles. The van der Waals surface area contributed by atoms with Crippen LogP contribution in [0.4, 0.5) is 0 Å². The summed E-state index contributed by atoms with van der Waals surface area (Å²) in [6.45, 7) is 4.28. The third kappa shape index (κ3) is 5.72. The van der Waals surface area contributed by atoms with Crippen molar-refractivity contribution in [2.75, 3.05) is 12.9 Å². The maximum atomic E-state index is 12.8. The first-order valence-corrected chi connectivity index (χ1v) is 12.7. The van der Waals surface area contributed by atoms with Gasteiger partial charge in [-0.1, -0.05) is 49.9 Å². The molecule has 0 bridgehead atoms. The Morgan fingerprint density at radius 1 is 1.29 bits per heavy atom. The number of thiophene rings is 1. The van der Waals surface area contributed by atoms with Crippen LogP contribution in [-0.2, 0) is 4.79 Å². The number of thioether (sulfide) groups is 1. The zero-order valence-electron chi connectivity index (χ0n) is 19.4. The molecule has 0 saturated heterocycles. The summed E-state index contributed by atoms with van der Waals surface area (Å²) in [5.74, 6) is 0.444. The lowest BCUT2D eigenvalue weighted by Crippen LogP contribution is -2.20. The number of hydrogen-bond donors (Lipinski definition) is 3. The number of phenols is 1. The number of hydrogen-bond acceptors (Lipinski definition) is 8. The van der Waals surface area contributed by atoms with Gasteiger partial charge in [0.25, 0.3) is 11.5 Å². The fourth-order valence-corrected chi connectivity index (χ4v) is 5.04. The minimum atomic E-state index is -0.350. The Hall–Kier alpha value is -3.63. The Morgan fingerprint density at radius 2 is 2.06 bits per heavy atom. The monoisotopic (exact) mass is 508 g/mol. The Balaban J connectivity index is 1.41. The molecular weight excluding hydrogens is 484 g/mol. The number of aromatic amines is 1. The summed E-state index contributed by atoms with van der Waals surface area (Å²) in [5, 5.41) is 16.4. The van der Waals surface area contributed by atoms with Gasteiger partial charge in [0.1, 0.15) is 4.83 Å². The van der Waals surface area contributed by atoms with Gasteiger partial charge in [0.2, 0.25) is 0 Å². The van der Waals surface area contributed by atoms with E-state index in [1.807, 2.05) is 17.5 Å². The van der Waals surface area contributed by atoms with Crippen LogP contribution in [0.1, 0.15) is 30.9 Å². The van der Waals surface area contributed by atoms with Crippen molar-refractivity contribution in [2.45, 2.75) is 24.9 Å². The molecule has 2 aromatic carbocycles. The predicted molar refractivity (Wildman–Crippen MR) is 141 cm³/mol. The second-order valence-corrected chi connectivity index (χ2v) is 9.81. The minimum Gasteiger partial charge on any atom is -0.504 e. The predicted octanol–water partition coefficient (Wildman–Crippen LogP) is 4.73. The molecule has 0 fully saturated rings. The average molecular weight is 509 g/mol. The van der Waals surface area contributed by atoms with Crippen molar-refractivity contribution < 1.29 is 14.6 Å². The zero-order valence-corrected chi connectivity index (χ0v) is 21.0. The number of amides is 1. The summed E-state index contributed by atoms with van der Waals surface area (Å²) in [6, 6.07) is 12.9. The Labute approximate surface area is 210 Å². The fraction of sp³-hybridized carbons (Fsp3) is 0.200. The number of aromatic nitrogens is 2. The van der Waals surface area contributed by atoms with Gasteiger partial charge in [0.15, 0.2) is 16.7 Å². The van der Waals surface area contributed by atoms with E-state index in [0.717, 1.165) is 22.9 Å². The molecule has 0 atom stereocenters. The molecular formula is C25H24N4O4S2. The summed E-state index contributed by atoms with van der Waals surface area (Å²) in [5.41, 5.74) is 5.91. The van der Waals surface area contributed by atoms with Crippen molar-refractivity contribution >= 4 is 45.4 Å². The molecule has 0 spiro atoms. The van der Waals surface area contributed by atoms with Crippen LogP contribution < -0.4 is 15.7 Å². The topological polar surface area (TPSA) is 117 Å². The number of benzene rings is 2. The van der Waals surface area contributed by atoms with Gasteiger partial charge in [-0.3, -0.25) is 9.59 Å². The van der Waals surface area contributed by atoms with E-state index in [9.17, 15) is 14.7 Å². The standard InChI is InChI=1S/C25H24N4O4S2/c1-14(2)16-5-7-17(8-6-16)18-12-34-24-22(18)23(32)27-25(28-24)35-13-21(31)29-26-11-15-4-9-19(30)20(10-15)33-3/h4-12,14,30H,13H2,1-3H3,(H,29,31)(H,27,28,32)/b26-11+. The molecule has 4 aromatic rings. The van der Waals surface area contributed by atoms with E-state index in [0.29, 0.717) is 32.6 Å². The van der Waals surface area contributed by atoms with Crippen molar-refractivity contribution in [3.05, 3.63) is 69.3 Å². The molecule has 0 radical (unpaired) electrons. The quantitative estimate of drug-likeness (QED) is 0.137. The average Bonchev–Trinajstić information content (AvgIpc) is 3.28. The van der Waals surface area contributed by atoms with E-state index < -0.39 is 0 Å². The first-order chi connectivity index (χ1) is 16.9. The van der Waals surface area contributed by atoms with Gasteiger partial charge < -0.3 is 14.8 Å². The summed E-state index contributed by atoms with van der Waals surface area (Å²) < 4.78 is 5.04. The number of rotatable bonds is 8. The van der Waals surface area contributed by atoms with Crippen LogP contribution in [0, 0.1) is 0 Å². The van der Waals surface area contributed by atoms with Crippen LogP contribution in [0.25, 0.3) is 21.3 Å². The number of nitrogens with zero attached hydrogens (tertiary/aromatic N) is 2. The second-order valence-electron chi connectivity index (χ2n) is 7.99. The summed E-state index contributed by atoms with van der Waals surface area (Å²) >= 11 is 2.52. The van der Waals surface area contributed by atoms with Crippen molar-refractivity contribution in [3.8, 4) is 22.6 Å². The van der Waals surface area contributed by atoms with E-state index in [1.165, 1.54) is 36.3 Å². The number of fused-ring (bicyclic) bond motifs is 1. The number of methoxy groups -OCH3 is 1. The number of carbonyl (C=O) groups excluding carboxylic acids is 1. The van der Waals surface area contributed by atoms with Gasteiger partial charge in [-0.2, -0.15) is 5.10 Å². The van der Waals surface area contributed by atoms with Crippen molar-refractivity contribution in [2.24, 2.45) is 5.10 Å². The molecule has 10 heteroatoms.